The number of hydrogen-bond acceptors (Lipinski definition) is 3. The molecule has 0 amide bonds. The Kier molecular flexibility index (Phi) is 3.44. The third-order valence-corrected chi connectivity index (χ3v) is 3.53. The quantitative estimate of drug-likeness (QED) is 0.788. The fraction of sp³-hybridized carbons (Fsp3) is 0.176. The topological polar surface area (TPSA) is 37.8 Å². The van der Waals surface area contributed by atoms with Gasteiger partial charge in [-0.05, 0) is 37.1 Å². The Morgan fingerprint density at radius 1 is 1.00 bits per heavy atom. The third kappa shape index (κ3) is 2.28. The molecule has 0 radical (unpaired) electrons. The van der Waals surface area contributed by atoms with E-state index in [4.69, 9.17) is 0 Å². The highest BCUT2D eigenvalue weighted by Crippen LogP contribution is 2.26. The van der Waals surface area contributed by atoms with Crippen molar-refractivity contribution in [3.05, 3.63) is 71.8 Å². The SMILES string of the molecule is CNC(c1ccc(C)nc1)c1nccc2ccccc12. The molecule has 3 aromatic rings. The molecule has 3 heteroatoms. The maximum absolute atomic E-state index is 4.59. The van der Waals surface area contributed by atoms with Gasteiger partial charge >= 0.3 is 0 Å². The van der Waals surface area contributed by atoms with E-state index >= 15 is 0 Å². The molecule has 2 aromatic heterocycles. The summed E-state index contributed by atoms with van der Waals surface area (Å²) in [4.78, 5) is 8.97. The molecular formula is C17H17N3. The van der Waals surface area contributed by atoms with Gasteiger partial charge in [0.1, 0.15) is 0 Å². The molecule has 0 saturated heterocycles. The molecule has 0 spiro atoms. The second-order valence-corrected chi connectivity index (χ2v) is 4.87. The third-order valence-electron chi connectivity index (χ3n) is 3.53. The first kappa shape index (κ1) is 12.8. The van der Waals surface area contributed by atoms with Gasteiger partial charge in [-0.2, -0.15) is 0 Å². The molecule has 0 aliphatic rings. The normalized spacial score (nSPS) is 12.5. The van der Waals surface area contributed by atoms with Crippen molar-refractivity contribution in [2.75, 3.05) is 7.05 Å². The summed E-state index contributed by atoms with van der Waals surface area (Å²) in [6.45, 7) is 1.99. The first-order valence-electron chi connectivity index (χ1n) is 6.73. The summed E-state index contributed by atoms with van der Waals surface area (Å²) in [6.07, 6.45) is 3.78. The fourth-order valence-electron chi connectivity index (χ4n) is 2.48. The molecule has 0 saturated carbocycles. The van der Waals surface area contributed by atoms with E-state index in [1.165, 1.54) is 10.8 Å². The Balaban J connectivity index is 2.14. The molecule has 20 heavy (non-hydrogen) atoms. The minimum Gasteiger partial charge on any atom is -0.308 e. The predicted molar refractivity (Wildman–Crippen MR) is 81.6 cm³/mol. The predicted octanol–water partition coefficient (Wildman–Crippen LogP) is 3.25. The zero-order valence-corrected chi connectivity index (χ0v) is 11.7. The Morgan fingerprint density at radius 3 is 2.60 bits per heavy atom. The van der Waals surface area contributed by atoms with E-state index in [0.717, 1.165) is 17.0 Å². The molecule has 0 bridgehead atoms. The van der Waals surface area contributed by atoms with Crippen LogP contribution in [-0.4, -0.2) is 17.0 Å². The summed E-state index contributed by atoms with van der Waals surface area (Å²) in [6, 6.07) is 14.6. The Hall–Kier alpha value is -2.26. The maximum atomic E-state index is 4.59. The number of fused-ring (bicyclic) bond motifs is 1. The van der Waals surface area contributed by atoms with Gasteiger partial charge in [0, 0.05) is 23.5 Å². The molecule has 2 heterocycles. The van der Waals surface area contributed by atoms with Gasteiger partial charge in [0.05, 0.1) is 11.7 Å². The number of nitrogens with one attached hydrogen (secondary N) is 1. The lowest BCUT2D eigenvalue weighted by atomic mass is 10.00. The molecule has 0 aliphatic carbocycles. The van der Waals surface area contributed by atoms with Gasteiger partial charge in [0.2, 0.25) is 0 Å². The van der Waals surface area contributed by atoms with Crippen molar-refractivity contribution in [3.63, 3.8) is 0 Å². The van der Waals surface area contributed by atoms with Crippen LogP contribution in [0.2, 0.25) is 0 Å². The Bertz CT molecular complexity index is 714. The molecule has 1 aromatic carbocycles. The van der Waals surface area contributed by atoms with Gasteiger partial charge in [-0.15, -0.1) is 0 Å². The van der Waals surface area contributed by atoms with Crippen LogP contribution >= 0.6 is 0 Å². The van der Waals surface area contributed by atoms with Gasteiger partial charge in [-0.1, -0.05) is 30.3 Å². The highest BCUT2D eigenvalue weighted by atomic mass is 14.9. The van der Waals surface area contributed by atoms with Crippen LogP contribution in [-0.2, 0) is 0 Å². The Morgan fingerprint density at radius 2 is 1.85 bits per heavy atom. The van der Waals surface area contributed by atoms with Gasteiger partial charge in [0.25, 0.3) is 0 Å². The monoisotopic (exact) mass is 263 g/mol. The number of aromatic nitrogens is 2. The van der Waals surface area contributed by atoms with E-state index in [2.05, 4.69) is 33.5 Å². The van der Waals surface area contributed by atoms with Gasteiger partial charge in [-0.25, -0.2) is 0 Å². The molecule has 0 fully saturated rings. The van der Waals surface area contributed by atoms with E-state index in [1.807, 2.05) is 50.6 Å². The number of benzene rings is 1. The fourth-order valence-corrected chi connectivity index (χ4v) is 2.48. The van der Waals surface area contributed by atoms with Crippen LogP contribution in [0.25, 0.3) is 10.8 Å². The molecule has 1 N–H and O–H groups in total. The number of nitrogens with zero attached hydrogens (tertiary/aromatic N) is 2. The summed E-state index contributed by atoms with van der Waals surface area (Å²) in [5.74, 6) is 0. The van der Waals surface area contributed by atoms with E-state index in [1.54, 1.807) is 0 Å². The van der Waals surface area contributed by atoms with Crippen LogP contribution in [0.15, 0.2) is 54.9 Å². The van der Waals surface area contributed by atoms with Crippen molar-refractivity contribution in [1.82, 2.24) is 15.3 Å². The van der Waals surface area contributed by atoms with Gasteiger partial charge in [-0.3, -0.25) is 9.97 Å². The molecule has 100 valence electrons. The minimum atomic E-state index is 0.0502. The maximum Gasteiger partial charge on any atom is 0.0770 e. The molecule has 1 unspecified atom stereocenters. The van der Waals surface area contributed by atoms with Crippen molar-refractivity contribution < 1.29 is 0 Å². The largest absolute Gasteiger partial charge is 0.308 e. The van der Waals surface area contributed by atoms with Crippen LogP contribution < -0.4 is 5.32 Å². The van der Waals surface area contributed by atoms with Crippen LogP contribution in [0.3, 0.4) is 0 Å². The molecule has 3 rings (SSSR count). The van der Waals surface area contributed by atoms with Crippen LogP contribution in [0.1, 0.15) is 23.0 Å². The van der Waals surface area contributed by atoms with Crippen molar-refractivity contribution in [2.24, 2.45) is 0 Å². The summed E-state index contributed by atoms with van der Waals surface area (Å²) in [7, 11) is 1.95. The van der Waals surface area contributed by atoms with Crippen molar-refractivity contribution in [3.8, 4) is 0 Å². The van der Waals surface area contributed by atoms with E-state index in [0.29, 0.717) is 0 Å². The second-order valence-electron chi connectivity index (χ2n) is 4.87. The number of aryl methyl sites for hydroxylation is 1. The average Bonchev–Trinajstić information content (AvgIpc) is 2.50. The molecule has 1 atom stereocenters. The molecule has 0 aliphatic heterocycles. The lowest BCUT2D eigenvalue weighted by Crippen LogP contribution is -2.19. The molecular weight excluding hydrogens is 246 g/mol. The number of rotatable bonds is 3. The zero-order valence-electron chi connectivity index (χ0n) is 11.7. The van der Waals surface area contributed by atoms with E-state index in [9.17, 15) is 0 Å². The summed E-state index contributed by atoms with van der Waals surface area (Å²) >= 11 is 0. The summed E-state index contributed by atoms with van der Waals surface area (Å²) in [5, 5.41) is 5.73. The van der Waals surface area contributed by atoms with Crippen LogP contribution in [0, 0.1) is 6.92 Å². The van der Waals surface area contributed by atoms with Gasteiger partial charge in [0.15, 0.2) is 0 Å². The standard InChI is InChI=1S/C17H17N3/c1-12-7-8-14(11-20-12)16(18-2)17-15-6-4-3-5-13(15)9-10-19-17/h3-11,16,18H,1-2H3. The van der Waals surface area contributed by atoms with Crippen molar-refractivity contribution in [1.29, 1.82) is 0 Å². The van der Waals surface area contributed by atoms with Crippen molar-refractivity contribution in [2.45, 2.75) is 13.0 Å². The summed E-state index contributed by atoms with van der Waals surface area (Å²) < 4.78 is 0. The van der Waals surface area contributed by atoms with Crippen LogP contribution in [0.4, 0.5) is 0 Å². The highest BCUT2D eigenvalue weighted by molar-refractivity contribution is 5.85. The number of pyridine rings is 2. The smallest absolute Gasteiger partial charge is 0.0770 e. The minimum absolute atomic E-state index is 0.0502. The highest BCUT2D eigenvalue weighted by Gasteiger charge is 2.16. The Labute approximate surface area is 118 Å². The first-order chi connectivity index (χ1) is 9.79. The second kappa shape index (κ2) is 5.39. The van der Waals surface area contributed by atoms with Crippen LogP contribution in [0.5, 0.6) is 0 Å². The summed E-state index contributed by atoms with van der Waals surface area (Å²) in [5.41, 5.74) is 3.19. The van der Waals surface area contributed by atoms with Crippen molar-refractivity contribution >= 4 is 10.8 Å². The lowest BCUT2D eigenvalue weighted by molar-refractivity contribution is 0.674. The van der Waals surface area contributed by atoms with E-state index in [-0.39, 0.29) is 6.04 Å². The molecule has 3 nitrogen and oxygen atoms in total. The zero-order chi connectivity index (χ0) is 13.9. The first-order valence-corrected chi connectivity index (χ1v) is 6.73. The van der Waals surface area contributed by atoms with E-state index < -0.39 is 0 Å². The average molecular weight is 263 g/mol. The lowest BCUT2D eigenvalue weighted by Gasteiger charge is -2.18. The van der Waals surface area contributed by atoms with Gasteiger partial charge < -0.3 is 5.32 Å². The number of hydrogen-bond donors (Lipinski definition) is 1.